The second kappa shape index (κ2) is 11.6. The second-order valence-corrected chi connectivity index (χ2v) is 9.71. The Labute approximate surface area is 223 Å². The van der Waals surface area contributed by atoms with Gasteiger partial charge in [-0.2, -0.15) is 0 Å². The van der Waals surface area contributed by atoms with Crippen molar-refractivity contribution in [2.45, 2.75) is 13.5 Å². The molecule has 0 bridgehead atoms. The maximum absolute atomic E-state index is 12.7. The van der Waals surface area contributed by atoms with Crippen molar-refractivity contribution in [2.75, 3.05) is 18.5 Å². The summed E-state index contributed by atoms with van der Waals surface area (Å²) in [7, 11) is 1.59. The minimum atomic E-state index is -0.361. The summed E-state index contributed by atoms with van der Waals surface area (Å²) in [6.07, 6.45) is 3.09. The first-order valence-electron chi connectivity index (χ1n) is 11.1. The van der Waals surface area contributed by atoms with Gasteiger partial charge in [0.15, 0.2) is 0 Å². The predicted octanol–water partition coefficient (Wildman–Crippen LogP) is 6.28. The van der Waals surface area contributed by atoms with E-state index in [1.807, 2.05) is 54.8 Å². The zero-order valence-corrected chi connectivity index (χ0v) is 22.0. The average Bonchev–Trinajstić information content (AvgIpc) is 3.39. The first-order valence-corrected chi connectivity index (χ1v) is 12.7. The van der Waals surface area contributed by atoms with Crippen molar-refractivity contribution in [3.63, 3.8) is 0 Å². The maximum Gasteiger partial charge on any atom is 0.246 e. The molecule has 1 N–H and O–H groups in total. The summed E-state index contributed by atoms with van der Waals surface area (Å²) in [4.78, 5) is 31.7. The van der Waals surface area contributed by atoms with Gasteiger partial charge in [-0.25, -0.2) is 4.98 Å². The van der Waals surface area contributed by atoms with Crippen molar-refractivity contribution in [2.24, 2.45) is 0 Å². The molecule has 9 heteroatoms. The van der Waals surface area contributed by atoms with Crippen LogP contribution in [0.25, 0.3) is 17.0 Å². The van der Waals surface area contributed by atoms with Crippen LogP contribution in [0.3, 0.4) is 0 Å². The average molecular weight is 540 g/mol. The van der Waals surface area contributed by atoms with Gasteiger partial charge in [-0.05, 0) is 48.7 Å². The van der Waals surface area contributed by atoms with E-state index in [4.69, 9.17) is 27.9 Å². The number of aryl methyl sites for hydroxylation is 1. The lowest BCUT2D eigenvalue weighted by molar-refractivity contribution is -0.122. The Bertz CT molecular complexity index is 1440. The number of nitrogens with zero attached hydrogens (tertiary/aromatic N) is 2. The molecule has 0 spiro atoms. The number of carbonyl (C=O) groups excluding carboxylic acids is 2. The zero-order chi connectivity index (χ0) is 25.7. The van der Waals surface area contributed by atoms with Crippen molar-refractivity contribution in [3.8, 4) is 5.75 Å². The van der Waals surface area contributed by atoms with E-state index in [1.165, 1.54) is 22.3 Å². The molecule has 36 heavy (non-hydrogen) atoms. The van der Waals surface area contributed by atoms with Crippen LogP contribution in [0.1, 0.15) is 16.1 Å². The molecule has 0 aliphatic rings. The number of fused-ring (bicyclic) bond motifs is 1. The summed E-state index contributed by atoms with van der Waals surface area (Å²) in [5.74, 6) is -0.0884. The number of hydrogen-bond donors (Lipinski definition) is 1. The van der Waals surface area contributed by atoms with Crippen LogP contribution in [-0.2, 0) is 16.2 Å². The number of amides is 2. The number of benzene rings is 2. The van der Waals surface area contributed by atoms with Crippen LogP contribution in [0.2, 0.25) is 10.0 Å². The number of nitrogens with one attached hydrogen (secondary N) is 1. The minimum absolute atomic E-state index is 0.0898. The Balaban J connectivity index is 1.44. The monoisotopic (exact) mass is 539 g/mol. The Hall–Kier alpha value is -3.39. The number of ether oxygens (including phenoxy) is 1. The van der Waals surface area contributed by atoms with Crippen LogP contribution in [0.5, 0.6) is 5.75 Å². The number of rotatable bonds is 8. The van der Waals surface area contributed by atoms with Crippen molar-refractivity contribution >= 4 is 69.0 Å². The number of aromatic nitrogens is 1. The van der Waals surface area contributed by atoms with Crippen LogP contribution in [0, 0.1) is 6.92 Å². The summed E-state index contributed by atoms with van der Waals surface area (Å²) in [6.45, 7) is 1.82. The third-order valence-electron chi connectivity index (χ3n) is 5.45. The van der Waals surface area contributed by atoms with Gasteiger partial charge in [-0.3, -0.25) is 9.59 Å². The van der Waals surface area contributed by atoms with Crippen LogP contribution < -0.4 is 15.0 Å². The van der Waals surface area contributed by atoms with Crippen LogP contribution in [-0.4, -0.2) is 30.4 Å². The SMILES string of the molecule is Cc1ccc2cccc(OCc3c(Cl)ccc(N(C)C(=O)CNC(=O)C=Cc4cccs4)c3Cl)c2n1. The van der Waals surface area contributed by atoms with Crippen LogP contribution in [0.4, 0.5) is 5.69 Å². The maximum atomic E-state index is 12.7. The summed E-state index contributed by atoms with van der Waals surface area (Å²) < 4.78 is 6.06. The Morgan fingerprint density at radius 2 is 1.94 bits per heavy atom. The highest BCUT2D eigenvalue weighted by Crippen LogP contribution is 2.35. The van der Waals surface area contributed by atoms with Crippen molar-refractivity contribution in [1.82, 2.24) is 10.3 Å². The number of anilines is 1. The van der Waals surface area contributed by atoms with Crippen molar-refractivity contribution in [1.29, 1.82) is 0 Å². The Morgan fingerprint density at radius 3 is 2.72 bits per heavy atom. The number of carbonyl (C=O) groups is 2. The molecule has 0 saturated carbocycles. The zero-order valence-electron chi connectivity index (χ0n) is 19.6. The van der Waals surface area contributed by atoms with Gasteiger partial charge in [0, 0.05) is 39.7 Å². The summed E-state index contributed by atoms with van der Waals surface area (Å²) in [6, 6.07) is 16.8. The molecular formula is C27H23Cl2N3O3S. The van der Waals surface area contributed by atoms with E-state index >= 15 is 0 Å². The standard InChI is InChI=1S/C27H23Cl2N3O3S/c1-17-8-9-18-5-3-7-23(27(18)31-17)35-16-20-21(28)11-12-22(26(20)29)32(2)25(34)15-30-24(33)13-10-19-6-4-14-36-19/h3-14H,15-16H2,1-2H3,(H,30,33). The highest BCUT2D eigenvalue weighted by atomic mass is 35.5. The highest BCUT2D eigenvalue weighted by Gasteiger charge is 2.19. The molecule has 2 amide bonds. The molecule has 4 rings (SSSR count). The van der Waals surface area contributed by atoms with Crippen LogP contribution in [0.15, 0.2) is 66.1 Å². The summed E-state index contributed by atoms with van der Waals surface area (Å²) >= 11 is 14.6. The first kappa shape index (κ1) is 25.7. The third-order valence-corrected chi connectivity index (χ3v) is 7.06. The molecule has 0 atom stereocenters. The molecule has 0 fully saturated rings. The lowest BCUT2D eigenvalue weighted by atomic mass is 10.1. The van der Waals surface area contributed by atoms with E-state index in [1.54, 1.807) is 25.3 Å². The molecule has 0 aliphatic carbocycles. The van der Waals surface area contributed by atoms with Crippen molar-refractivity contribution < 1.29 is 14.3 Å². The number of likely N-dealkylation sites (N-methyl/N-ethyl adjacent to an activating group) is 1. The second-order valence-electron chi connectivity index (χ2n) is 7.95. The van der Waals surface area contributed by atoms with E-state index in [9.17, 15) is 9.59 Å². The van der Waals surface area contributed by atoms with Gasteiger partial charge >= 0.3 is 0 Å². The van der Waals surface area contributed by atoms with Crippen molar-refractivity contribution in [3.05, 3.63) is 92.2 Å². The third kappa shape index (κ3) is 6.05. The van der Waals surface area contributed by atoms with E-state index < -0.39 is 0 Å². The fourth-order valence-electron chi connectivity index (χ4n) is 3.48. The summed E-state index contributed by atoms with van der Waals surface area (Å²) in [5.41, 5.74) is 2.63. The molecule has 2 aromatic carbocycles. The number of para-hydroxylation sites is 1. The lowest BCUT2D eigenvalue weighted by Crippen LogP contribution is -2.37. The topological polar surface area (TPSA) is 71.5 Å². The van der Waals surface area contributed by atoms with Crippen LogP contribution >= 0.6 is 34.5 Å². The molecule has 6 nitrogen and oxygen atoms in total. The van der Waals surface area contributed by atoms with Gasteiger partial charge < -0.3 is 15.0 Å². The molecule has 0 saturated heterocycles. The molecule has 0 unspecified atom stereocenters. The van der Waals surface area contributed by atoms with E-state index in [-0.39, 0.29) is 25.0 Å². The highest BCUT2D eigenvalue weighted by molar-refractivity contribution is 7.10. The van der Waals surface area contributed by atoms with E-state index in [0.717, 1.165) is 21.5 Å². The minimum Gasteiger partial charge on any atom is -0.487 e. The molecule has 0 aliphatic heterocycles. The quantitative estimate of drug-likeness (QED) is 0.267. The molecular weight excluding hydrogens is 517 g/mol. The predicted molar refractivity (Wildman–Crippen MR) is 147 cm³/mol. The lowest BCUT2D eigenvalue weighted by Gasteiger charge is -2.21. The fourth-order valence-corrected chi connectivity index (χ4v) is 4.70. The molecule has 0 radical (unpaired) electrons. The smallest absolute Gasteiger partial charge is 0.246 e. The molecule has 2 aromatic heterocycles. The fraction of sp³-hybridized carbons (Fsp3) is 0.148. The van der Waals surface area contributed by atoms with Gasteiger partial charge in [0.05, 0.1) is 17.3 Å². The van der Waals surface area contributed by atoms with Gasteiger partial charge in [-0.15, -0.1) is 11.3 Å². The molecule has 184 valence electrons. The number of thiophene rings is 1. The number of halogens is 2. The number of pyridine rings is 1. The summed E-state index contributed by atoms with van der Waals surface area (Å²) in [5, 5.41) is 6.19. The normalized spacial score (nSPS) is 11.1. The van der Waals surface area contributed by atoms with E-state index in [0.29, 0.717) is 27.0 Å². The van der Waals surface area contributed by atoms with Gasteiger partial charge in [-0.1, -0.05) is 47.5 Å². The Morgan fingerprint density at radius 1 is 1.11 bits per heavy atom. The van der Waals surface area contributed by atoms with Gasteiger partial charge in [0.2, 0.25) is 11.8 Å². The molecule has 4 aromatic rings. The van der Waals surface area contributed by atoms with E-state index in [2.05, 4.69) is 10.3 Å². The molecule has 2 heterocycles. The van der Waals surface area contributed by atoms with Gasteiger partial charge in [0.25, 0.3) is 0 Å². The number of hydrogen-bond acceptors (Lipinski definition) is 5. The van der Waals surface area contributed by atoms with Gasteiger partial charge in [0.1, 0.15) is 17.9 Å². The first-order chi connectivity index (χ1) is 17.3. The Kier molecular flexibility index (Phi) is 8.25. The largest absolute Gasteiger partial charge is 0.487 e.